The average Bonchev–Trinajstić information content (AvgIpc) is 2.24. The Morgan fingerprint density at radius 2 is 2.27 bits per heavy atom. The zero-order valence-corrected chi connectivity index (χ0v) is 11.0. The summed E-state index contributed by atoms with van der Waals surface area (Å²) in [6.07, 6.45) is 0.922. The van der Waals surface area contributed by atoms with Gasteiger partial charge in [0.05, 0.1) is 11.6 Å². The van der Waals surface area contributed by atoms with E-state index in [9.17, 15) is 0 Å². The number of hydrogen-bond donors (Lipinski definition) is 2. The molecule has 1 atom stereocenters. The van der Waals surface area contributed by atoms with Gasteiger partial charge in [-0.15, -0.1) is 0 Å². The maximum absolute atomic E-state index is 9.01. The van der Waals surface area contributed by atoms with E-state index in [1.54, 1.807) is 0 Å². The van der Waals surface area contributed by atoms with Crippen LogP contribution in [-0.4, -0.2) is 17.8 Å². The van der Waals surface area contributed by atoms with Gasteiger partial charge in [0.15, 0.2) is 0 Å². The van der Waals surface area contributed by atoms with Crippen LogP contribution in [0.15, 0.2) is 22.7 Å². The average molecular weight is 293 g/mol. The molecule has 0 unspecified atom stereocenters. The first-order valence-electron chi connectivity index (χ1n) is 4.95. The summed E-state index contributed by atoms with van der Waals surface area (Å²) in [6.45, 7) is 2.96. The highest BCUT2D eigenvalue weighted by molar-refractivity contribution is 9.10. The first-order chi connectivity index (χ1) is 7.17. The van der Waals surface area contributed by atoms with Crippen LogP contribution in [0, 0.1) is 0 Å². The fraction of sp³-hybridized carbons (Fsp3) is 0.455. The molecule has 84 valence electrons. The lowest BCUT2D eigenvalue weighted by Crippen LogP contribution is -2.31. The predicted molar refractivity (Wildman–Crippen MR) is 67.2 cm³/mol. The van der Waals surface area contributed by atoms with Crippen LogP contribution >= 0.6 is 27.5 Å². The molecule has 0 aromatic heterocycles. The summed E-state index contributed by atoms with van der Waals surface area (Å²) in [4.78, 5) is 0. The van der Waals surface area contributed by atoms with E-state index in [4.69, 9.17) is 16.7 Å². The van der Waals surface area contributed by atoms with E-state index in [-0.39, 0.29) is 12.6 Å². The normalized spacial score (nSPS) is 12.8. The summed E-state index contributed by atoms with van der Waals surface area (Å²) in [5, 5.41) is 13.0. The number of benzene rings is 1. The highest BCUT2D eigenvalue weighted by Crippen LogP contribution is 2.23. The number of rotatable bonds is 5. The molecule has 0 saturated heterocycles. The third-order valence-electron chi connectivity index (χ3n) is 2.29. The minimum Gasteiger partial charge on any atom is -0.395 e. The molecule has 0 spiro atoms. The van der Waals surface area contributed by atoms with Crippen LogP contribution in [0.5, 0.6) is 0 Å². The second-order valence-electron chi connectivity index (χ2n) is 3.42. The van der Waals surface area contributed by atoms with E-state index in [0.717, 1.165) is 23.0 Å². The van der Waals surface area contributed by atoms with Gasteiger partial charge in [-0.2, -0.15) is 0 Å². The van der Waals surface area contributed by atoms with Crippen LogP contribution in [-0.2, 0) is 6.54 Å². The lowest BCUT2D eigenvalue weighted by Gasteiger charge is -2.14. The van der Waals surface area contributed by atoms with Gasteiger partial charge in [-0.25, -0.2) is 0 Å². The number of aliphatic hydroxyl groups excluding tert-OH is 1. The molecule has 1 aromatic rings. The van der Waals surface area contributed by atoms with Gasteiger partial charge in [-0.05, 0) is 40.0 Å². The largest absolute Gasteiger partial charge is 0.395 e. The molecule has 0 heterocycles. The third kappa shape index (κ3) is 4.11. The van der Waals surface area contributed by atoms with E-state index in [1.807, 2.05) is 25.1 Å². The second-order valence-corrected chi connectivity index (χ2v) is 4.68. The molecule has 0 radical (unpaired) electrons. The maximum atomic E-state index is 9.01. The quantitative estimate of drug-likeness (QED) is 0.874. The van der Waals surface area contributed by atoms with Gasteiger partial charge in [0.1, 0.15) is 0 Å². The molecular weight excluding hydrogens is 277 g/mol. The Kier molecular flexibility index (Phi) is 5.61. The minimum absolute atomic E-state index is 0.166. The zero-order chi connectivity index (χ0) is 11.3. The molecule has 0 saturated carbocycles. The van der Waals surface area contributed by atoms with Crippen molar-refractivity contribution in [1.82, 2.24) is 5.32 Å². The standard InChI is InChI=1S/C11H15BrClNO/c1-2-9(7-15)14-6-8-3-4-11(13)10(12)5-8/h3-5,9,14-15H,2,6-7H2,1H3/t9-/m1/s1. The Morgan fingerprint density at radius 3 is 2.80 bits per heavy atom. The number of hydrogen-bond acceptors (Lipinski definition) is 2. The summed E-state index contributed by atoms with van der Waals surface area (Å²) < 4.78 is 0.903. The van der Waals surface area contributed by atoms with Crippen LogP contribution in [0.2, 0.25) is 5.02 Å². The van der Waals surface area contributed by atoms with Crippen LogP contribution in [0.3, 0.4) is 0 Å². The number of aliphatic hydroxyl groups is 1. The van der Waals surface area contributed by atoms with Crippen molar-refractivity contribution < 1.29 is 5.11 Å². The van der Waals surface area contributed by atoms with E-state index in [1.165, 1.54) is 0 Å². The molecule has 15 heavy (non-hydrogen) atoms. The minimum atomic E-state index is 0.166. The van der Waals surface area contributed by atoms with Gasteiger partial charge in [0.2, 0.25) is 0 Å². The Hall–Kier alpha value is -0.0900. The summed E-state index contributed by atoms with van der Waals surface area (Å²) in [5.41, 5.74) is 1.15. The lowest BCUT2D eigenvalue weighted by molar-refractivity contribution is 0.238. The van der Waals surface area contributed by atoms with Gasteiger partial charge in [0, 0.05) is 17.1 Å². The van der Waals surface area contributed by atoms with E-state index in [0.29, 0.717) is 5.02 Å². The molecule has 1 aromatic carbocycles. The van der Waals surface area contributed by atoms with Crippen molar-refractivity contribution in [3.63, 3.8) is 0 Å². The first-order valence-corrected chi connectivity index (χ1v) is 6.12. The van der Waals surface area contributed by atoms with E-state index >= 15 is 0 Å². The predicted octanol–water partition coefficient (Wildman–Crippen LogP) is 2.96. The Morgan fingerprint density at radius 1 is 1.53 bits per heavy atom. The highest BCUT2D eigenvalue weighted by atomic mass is 79.9. The van der Waals surface area contributed by atoms with Gasteiger partial charge < -0.3 is 10.4 Å². The van der Waals surface area contributed by atoms with Crippen LogP contribution in [0.1, 0.15) is 18.9 Å². The van der Waals surface area contributed by atoms with Crippen LogP contribution in [0.25, 0.3) is 0 Å². The smallest absolute Gasteiger partial charge is 0.0584 e. The van der Waals surface area contributed by atoms with Crippen LogP contribution in [0.4, 0.5) is 0 Å². The van der Waals surface area contributed by atoms with Crippen molar-refractivity contribution in [1.29, 1.82) is 0 Å². The zero-order valence-electron chi connectivity index (χ0n) is 8.63. The topological polar surface area (TPSA) is 32.3 Å². The lowest BCUT2D eigenvalue weighted by atomic mass is 10.2. The molecule has 0 fully saturated rings. The Balaban J connectivity index is 2.54. The molecule has 0 aliphatic heterocycles. The Bertz CT molecular complexity index is 315. The third-order valence-corrected chi connectivity index (χ3v) is 3.51. The fourth-order valence-corrected chi connectivity index (χ4v) is 1.79. The van der Waals surface area contributed by atoms with Crippen molar-refractivity contribution >= 4 is 27.5 Å². The molecule has 4 heteroatoms. The van der Waals surface area contributed by atoms with Crippen molar-refractivity contribution in [2.24, 2.45) is 0 Å². The second kappa shape index (κ2) is 6.48. The van der Waals surface area contributed by atoms with Gasteiger partial charge >= 0.3 is 0 Å². The molecular formula is C11H15BrClNO. The summed E-state index contributed by atoms with van der Waals surface area (Å²) in [6, 6.07) is 5.99. The van der Waals surface area contributed by atoms with Gasteiger partial charge in [-0.3, -0.25) is 0 Å². The fourth-order valence-electron chi connectivity index (χ4n) is 1.25. The maximum Gasteiger partial charge on any atom is 0.0584 e. The number of halogens is 2. The first kappa shape index (κ1) is 13.0. The SMILES string of the molecule is CC[C@H](CO)NCc1ccc(Cl)c(Br)c1. The molecule has 0 aliphatic rings. The van der Waals surface area contributed by atoms with Crippen molar-refractivity contribution in [2.75, 3.05) is 6.61 Å². The summed E-state index contributed by atoms with van der Waals surface area (Å²) in [5.74, 6) is 0. The summed E-state index contributed by atoms with van der Waals surface area (Å²) in [7, 11) is 0. The van der Waals surface area contributed by atoms with Gasteiger partial charge in [-0.1, -0.05) is 24.6 Å². The monoisotopic (exact) mass is 291 g/mol. The highest BCUT2D eigenvalue weighted by Gasteiger charge is 2.04. The van der Waals surface area contributed by atoms with Crippen LogP contribution < -0.4 is 5.32 Å². The van der Waals surface area contributed by atoms with Crippen molar-refractivity contribution in [3.8, 4) is 0 Å². The molecule has 2 N–H and O–H groups in total. The Labute approximate surface area is 104 Å². The molecule has 0 bridgehead atoms. The number of nitrogens with one attached hydrogen (secondary N) is 1. The van der Waals surface area contributed by atoms with Gasteiger partial charge in [0.25, 0.3) is 0 Å². The van der Waals surface area contributed by atoms with Crippen molar-refractivity contribution in [2.45, 2.75) is 25.9 Å². The molecule has 2 nitrogen and oxygen atoms in total. The van der Waals surface area contributed by atoms with Crippen molar-refractivity contribution in [3.05, 3.63) is 33.3 Å². The molecule has 0 aliphatic carbocycles. The van der Waals surface area contributed by atoms with E-state index in [2.05, 4.69) is 21.2 Å². The summed E-state index contributed by atoms with van der Waals surface area (Å²) >= 11 is 9.27. The molecule has 1 rings (SSSR count). The van der Waals surface area contributed by atoms with E-state index < -0.39 is 0 Å². The molecule has 0 amide bonds.